The first-order valence-electron chi connectivity index (χ1n) is 6.79. The highest BCUT2D eigenvalue weighted by Gasteiger charge is 2.23. The number of carbonyl (C=O) groups excluding carboxylic acids is 1. The molecule has 2 rings (SSSR count). The summed E-state index contributed by atoms with van der Waals surface area (Å²) in [4.78, 5) is 13.7. The van der Waals surface area contributed by atoms with Crippen molar-refractivity contribution in [1.82, 2.24) is 4.90 Å². The Balaban J connectivity index is 1.78. The highest BCUT2D eigenvalue weighted by Crippen LogP contribution is 2.19. The number of hydrogen-bond donors (Lipinski definition) is 0. The van der Waals surface area contributed by atoms with Crippen molar-refractivity contribution in [3.05, 3.63) is 30.3 Å². The molecule has 0 bridgehead atoms. The minimum Gasteiger partial charge on any atom is -0.490 e. The summed E-state index contributed by atoms with van der Waals surface area (Å²) >= 11 is 0. The molecule has 0 saturated carbocycles. The number of para-hydroxylation sites is 1. The average molecular weight is 247 g/mol. The summed E-state index contributed by atoms with van der Waals surface area (Å²) in [5.41, 5.74) is 0. The van der Waals surface area contributed by atoms with Crippen molar-refractivity contribution in [3.63, 3.8) is 0 Å². The van der Waals surface area contributed by atoms with Crippen LogP contribution < -0.4 is 4.74 Å². The van der Waals surface area contributed by atoms with Crippen LogP contribution in [0.4, 0.5) is 0 Å². The third-order valence-corrected chi connectivity index (χ3v) is 3.30. The Labute approximate surface area is 109 Å². The van der Waals surface area contributed by atoms with Crippen molar-refractivity contribution in [2.24, 2.45) is 0 Å². The van der Waals surface area contributed by atoms with Gasteiger partial charge in [-0.15, -0.1) is 0 Å². The zero-order chi connectivity index (χ0) is 12.8. The number of carbonyl (C=O) groups is 1. The third-order valence-electron chi connectivity index (χ3n) is 3.30. The van der Waals surface area contributed by atoms with Crippen LogP contribution in [-0.4, -0.2) is 30.0 Å². The molecule has 0 aliphatic carbocycles. The highest BCUT2D eigenvalue weighted by molar-refractivity contribution is 5.76. The predicted octanol–water partition coefficient (Wildman–Crippen LogP) is 2.86. The van der Waals surface area contributed by atoms with Crippen LogP contribution in [0.3, 0.4) is 0 Å². The van der Waals surface area contributed by atoms with Crippen LogP contribution >= 0.6 is 0 Å². The minimum atomic E-state index is 0.248. The normalized spacial score (nSPS) is 16.6. The fourth-order valence-electron chi connectivity index (χ4n) is 2.29. The van der Waals surface area contributed by atoms with Crippen LogP contribution in [0.5, 0.6) is 5.75 Å². The Morgan fingerprint density at radius 1 is 1.28 bits per heavy atom. The monoisotopic (exact) mass is 247 g/mol. The van der Waals surface area contributed by atoms with Crippen molar-refractivity contribution in [2.45, 2.75) is 38.7 Å². The number of hydrogen-bond acceptors (Lipinski definition) is 2. The zero-order valence-electron chi connectivity index (χ0n) is 11.0. The first-order valence-corrected chi connectivity index (χ1v) is 6.79. The van der Waals surface area contributed by atoms with E-state index in [0.29, 0.717) is 6.42 Å². The first kappa shape index (κ1) is 12.9. The van der Waals surface area contributed by atoms with Crippen molar-refractivity contribution in [2.75, 3.05) is 13.1 Å². The lowest BCUT2D eigenvalue weighted by Gasteiger charge is -2.32. The lowest BCUT2D eigenvalue weighted by Crippen LogP contribution is -2.41. The van der Waals surface area contributed by atoms with Crippen LogP contribution in [0, 0.1) is 0 Å². The molecule has 1 aliphatic heterocycles. The van der Waals surface area contributed by atoms with E-state index in [1.54, 1.807) is 0 Å². The van der Waals surface area contributed by atoms with Gasteiger partial charge in [-0.05, 0) is 18.6 Å². The summed E-state index contributed by atoms with van der Waals surface area (Å²) in [5.74, 6) is 1.21. The Morgan fingerprint density at radius 2 is 1.94 bits per heavy atom. The molecule has 3 heteroatoms. The van der Waals surface area contributed by atoms with Gasteiger partial charge in [-0.3, -0.25) is 4.79 Å². The number of ether oxygens (including phenoxy) is 1. The van der Waals surface area contributed by atoms with E-state index in [-0.39, 0.29) is 12.0 Å². The number of piperidine rings is 1. The minimum absolute atomic E-state index is 0.248. The number of benzene rings is 1. The molecule has 0 radical (unpaired) electrons. The second-order valence-corrected chi connectivity index (χ2v) is 4.76. The Hall–Kier alpha value is -1.51. The molecule has 1 aromatic rings. The van der Waals surface area contributed by atoms with Crippen LogP contribution in [0.25, 0.3) is 0 Å². The van der Waals surface area contributed by atoms with Gasteiger partial charge in [0.1, 0.15) is 11.9 Å². The maximum atomic E-state index is 11.7. The largest absolute Gasteiger partial charge is 0.490 e. The molecule has 3 nitrogen and oxygen atoms in total. The molecule has 1 heterocycles. The number of nitrogens with zero attached hydrogens (tertiary/aromatic N) is 1. The highest BCUT2D eigenvalue weighted by atomic mass is 16.5. The molecule has 1 aliphatic rings. The van der Waals surface area contributed by atoms with Crippen LogP contribution in [0.2, 0.25) is 0 Å². The molecular weight excluding hydrogens is 226 g/mol. The van der Waals surface area contributed by atoms with Crippen molar-refractivity contribution >= 4 is 5.91 Å². The molecule has 0 aromatic heterocycles. The summed E-state index contributed by atoms with van der Waals surface area (Å²) in [5, 5.41) is 0. The van der Waals surface area contributed by atoms with E-state index in [9.17, 15) is 4.79 Å². The van der Waals surface area contributed by atoms with Crippen LogP contribution in [0.1, 0.15) is 32.6 Å². The van der Waals surface area contributed by atoms with Gasteiger partial charge in [0.05, 0.1) is 0 Å². The molecule has 0 spiro atoms. The number of amides is 1. The summed E-state index contributed by atoms with van der Waals surface area (Å²) < 4.78 is 5.91. The number of rotatable bonds is 4. The average Bonchev–Trinajstić information content (AvgIpc) is 2.41. The van der Waals surface area contributed by atoms with E-state index in [4.69, 9.17) is 4.74 Å². The molecule has 98 valence electrons. The summed E-state index contributed by atoms with van der Waals surface area (Å²) in [7, 11) is 0. The summed E-state index contributed by atoms with van der Waals surface area (Å²) in [6.07, 6.45) is 3.72. The van der Waals surface area contributed by atoms with Gasteiger partial charge in [0, 0.05) is 32.4 Å². The zero-order valence-corrected chi connectivity index (χ0v) is 11.0. The molecule has 1 saturated heterocycles. The first-order chi connectivity index (χ1) is 8.79. The Kier molecular flexibility index (Phi) is 4.62. The number of likely N-dealkylation sites (tertiary alicyclic amines) is 1. The fraction of sp³-hybridized carbons (Fsp3) is 0.533. The third kappa shape index (κ3) is 3.49. The van der Waals surface area contributed by atoms with E-state index in [0.717, 1.165) is 38.1 Å². The molecule has 0 atom stereocenters. The maximum absolute atomic E-state index is 11.7. The van der Waals surface area contributed by atoms with Crippen molar-refractivity contribution in [1.29, 1.82) is 0 Å². The standard InChI is InChI=1S/C15H21NO2/c1-2-6-15(17)16-11-9-14(10-12-16)18-13-7-4-3-5-8-13/h3-5,7-8,14H,2,6,9-12H2,1H3. The van der Waals surface area contributed by atoms with Gasteiger partial charge in [0.2, 0.25) is 5.91 Å². The van der Waals surface area contributed by atoms with E-state index < -0.39 is 0 Å². The SMILES string of the molecule is CCCC(=O)N1CCC(Oc2ccccc2)CC1. The molecule has 1 aromatic carbocycles. The summed E-state index contributed by atoms with van der Waals surface area (Å²) in [6, 6.07) is 9.91. The predicted molar refractivity (Wildman–Crippen MR) is 71.6 cm³/mol. The topological polar surface area (TPSA) is 29.5 Å². The molecule has 1 amide bonds. The van der Waals surface area contributed by atoms with Crippen LogP contribution in [-0.2, 0) is 4.79 Å². The van der Waals surface area contributed by atoms with Crippen LogP contribution in [0.15, 0.2) is 30.3 Å². The Morgan fingerprint density at radius 3 is 2.56 bits per heavy atom. The molecule has 1 fully saturated rings. The second kappa shape index (κ2) is 6.43. The van der Waals surface area contributed by atoms with Gasteiger partial charge in [-0.1, -0.05) is 25.1 Å². The van der Waals surface area contributed by atoms with Crippen molar-refractivity contribution < 1.29 is 9.53 Å². The second-order valence-electron chi connectivity index (χ2n) is 4.76. The van der Waals surface area contributed by atoms with E-state index in [2.05, 4.69) is 0 Å². The van der Waals surface area contributed by atoms with Gasteiger partial charge in [0.25, 0.3) is 0 Å². The van der Waals surface area contributed by atoms with Gasteiger partial charge in [0.15, 0.2) is 0 Å². The van der Waals surface area contributed by atoms with Gasteiger partial charge >= 0.3 is 0 Å². The molecule has 18 heavy (non-hydrogen) atoms. The van der Waals surface area contributed by atoms with Gasteiger partial charge < -0.3 is 9.64 Å². The summed E-state index contributed by atoms with van der Waals surface area (Å²) in [6.45, 7) is 3.70. The lowest BCUT2D eigenvalue weighted by molar-refractivity contribution is -0.133. The maximum Gasteiger partial charge on any atom is 0.222 e. The van der Waals surface area contributed by atoms with Crippen molar-refractivity contribution in [3.8, 4) is 5.75 Å². The van der Waals surface area contributed by atoms with E-state index >= 15 is 0 Å². The lowest BCUT2D eigenvalue weighted by atomic mass is 10.1. The smallest absolute Gasteiger partial charge is 0.222 e. The molecular formula is C15H21NO2. The van der Waals surface area contributed by atoms with E-state index in [1.807, 2.05) is 42.2 Å². The Bertz CT molecular complexity index is 369. The quantitative estimate of drug-likeness (QED) is 0.818. The molecule has 0 N–H and O–H groups in total. The van der Waals surface area contributed by atoms with E-state index in [1.165, 1.54) is 0 Å². The van der Waals surface area contributed by atoms with Gasteiger partial charge in [-0.25, -0.2) is 0 Å². The van der Waals surface area contributed by atoms with Gasteiger partial charge in [-0.2, -0.15) is 0 Å². The fourth-order valence-corrected chi connectivity index (χ4v) is 2.29. The molecule has 0 unspecified atom stereocenters.